The molecule has 1 aromatic carbocycles. The van der Waals surface area contributed by atoms with E-state index in [-0.39, 0.29) is 11.3 Å². The minimum Gasteiger partial charge on any atom is -0.478 e. The molecule has 0 saturated heterocycles. The van der Waals surface area contributed by atoms with E-state index in [0.29, 0.717) is 17.6 Å². The summed E-state index contributed by atoms with van der Waals surface area (Å²) in [5.74, 6) is -1.02. The standard InChI is InChI=1S/C14H11N3O3/c18-13(19)9-4-5-11-12(7-9)17(14(20)16-11)8-10-3-1-2-6-15-10/h1-7H,8H2,(H,16,20)(H,18,19). The number of nitrogens with zero attached hydrogens (tertiary/aromatic N) is 2. The number of hydrogen-bond acceptors (Lipinski definition) is 3. The third kappa shape index (κ3) is 2.07. The number of pyridine rings is 1. The van der Waals surface area contributed by atoms with E-state index in [2.05, 4.69) is 9.97 Å². The molecular formula is C14H11N3O3. The quantitative estimate of drug-likeness (QED) is 0.753. The summed E-state index contributed by atoms with van der Waals surface area (Å²) in [6.45, 7) is 0.294. The highest BCUT2D eigenvalue weighted by atomic mass is 16.4. The Balaban J connectivity index is 2.14. The van der Waals surface area contributed by atoms with Gasteiger partial charge in [0.05, 0.1) is 28.8 Å². The third-order valence-corrected chi connectivity index (χ3v) is 3.07. The Kier molecular flexibility index (Phi) is 2.83. The van der Waals surface area contributed by atoms with Crippen LogP contribution in [0.25, 0.3) is 11.0 Å². The lowest BCUT2D eigenvalue weighted by Crippen LogP contribution is -2.17. The maximum atomic E-state index is 12.0. The van der Waals surface area contributed by atoms with Crippen molar-refractivity contribution < 1.29 is 9.90 Å². The van der Waals surface area contributed by atoms with E-state index in [0.717, 1.165) is 5.69 Å². The molecule has 0 radical (unpaired) electrons. The van der Waals surface area contributed by atoms with Crippen molar-refractivity contribution in [1.82, 2.24) is 14.5 Å². The van der Waals surface area contributed by atoms with Crippen molar-refractivity contribution in [2.45, 2.75) is 6.54 Å². The molecular weight excluding hydrogens is 258 g/mol. The Labute approximate surface area is 113 Å². The van der Waals surface area contributed by atoms with E-state index >= 15 is 0 Å². The Morgan fingerprint density at radius 2 is 2.15 bits per heavy atom. The van der Waals surface area contributed by atoms with Gasteiger partial charge in [-0.1, -0.05) is 6.07 Å². The van der Waals surface area contributed by atoms with Crippen molar-refractivity contribution in [1.29, 1.82) is 0 Å². The lowest BCUT2D eigenvalue weighted by Gasteiger charge is -2.03. The molecule has 0 aliphatic heterocycles. The third-order valence-electron chi connectivity index (χ3n) is 3.07. The highest BCUT2D eigenvalue weighted by Crippen LogP contribution is 2.14. The molecule has 2 N–H and O–H groups in total. The summed E-state index contributed by atoms with van der Waals surface area (Å²) < 4.78 is 1.48. The number of benzene rings is 1. The zero-order chi connectivity index (χ0) is 14.1. The van der Waals surface area contributed by atoms with Gasteiger partial charge in [-0.2, -0.15) is 0 Å². The van der Waals surface area contributed by atoms with Crippen LogP contribution in [0.3, 0.4) is 0 Å². The van der Waals surface area contributed by atoms with Crippen molar-refractivity contribution in [3.8, 4) is 0 Å². The summed E-state index contributed by atoms with van der Waals surface area (Å²) in [5, 5.41) is 9.02. The number of carboxylic acid groups (broad SMARTS) is 1. The van der Waals surface area contributed by atoms with Crippen LogP contribution >= 0.6 is 0 Å². The van der Waals surface area contributed by atoms with Crippen molar-refractivity contribution in [3.05, 3.63) is 64.3 Å². The highest BCUT2D eigenvalue weighted by molar-refractivity contribution is 5.92. The first-order valence-electron chi connectivity index (χ1n) is 6.01. The molecule has 0 spiro atoms. The number of H-pyrrole nitrogens is 1. The van der Waals surface area contributed by atoms with Gasteiger partial charge in [-0.3, -0.25) is 9.55 Å². The molecule has 3 rings (SSSR count). The van der Waals surface area contributed by atoms with Crippen molar-refractivity contribution >= 4 is 17.0 Å². The summed E-state index contributed by atoms with van der Waals surface area (Å²) in [6, 6.07) is 9.99. The molecule has 0 fully saturated rings. The van der Waals surface area contributed by atoms with E-state index in [1.165, 1.54) is 16.7 Å². The maximum Gasteiger partial charge on any atom is 0.335 e. The molecule has 6 heteroatoms. The molecule has 3 aromatic rings. The number of nitrogens with one attached hydrogen (secondary N) is 1. The van der Waals surface area contributed by atoms with E-state index < -0.39 is 5.97 Å². The highest BCUT2D eigenvalue weighted by Gasteiger charge is 2.11. The molecule has 0 saturated carbocycles. The predicted molar refractivity (Wildman–Crippen MR) is 72.9 cm³/mol. The molecule has 0 amide bonds. The molecule has 0 bridgehead atoms. The molecule has 0 aliphatic carbocycles. The van der Waals surface area contributed by atoms with Crippen LogP contribution in [-0.2, 0) is 6.54 Å². The van der Waals surface area contributed by atoms with Gasteiger partial charge in [0.2, 0.25) is 0 Å². The molecule has 2 aromatic heterocycles. The first-order chi connectivity index (χ1) is 9.65. The summed E-state index contributed by atoms with van der Waals surface area (Å²) in [6.07, 6.45) is 1.65. The fourth-order valence-electron chi connectivity index (χ4n) is 2.10. The predicted octanol–water partition coefficient (Wildman–Crippen LogP) is 1.47. The Bertz CT molecular complexity index is 834. The molecule has 0 unspecified atom stereocenters. The Morgan fingerprint density at radius 3 is 2.85 bits per heavy atom. The average molecular weight is 269 g/mol. The van der Waals surface area contributed by atoms with Crippen LogP contribution in [0.5, 0.6) is 0 Å². The monoisotopic (exact) mass is 269 g/mol. The number of carbonyl (C=O) groups is 1. The van der Waals surface area contributed by atoms with Crippen LogP contribution in [0.4, 0.5) is 0 Å². The van der Waals surface area contributed by atoms with E-state index in [9.17, 15) is 9.59 Å². The summed E-state index contributed by atoms with van der Waals surface area (Å²) in [4.78, 5) is 29.8. The molecule has 20 heavy (non-hydrogen) atoms. The normalized spacial score (nSPS) is 10.8. The SMILES string of the molecule is O=C(O)c1ccc2[nH]c(=O)n(Cc3ccccn3)c2c1. The minimum atomic E-state index is -1.02. The van der Waals surface area contributed by atoms with E-state index in [1.807, 2.05) is 12.1 Å². The number of rotatable bonds is 3. The lowest BCUT2D eigenvalue weighted by molar-refractivity contribution is 0.0697. The van der Waals surface area contributed by atoms with Crippen LogP contribution in [0.2, 0.25) is 0 Å². The smallest absolute Gasteiger partial charge is 0.335 e. The average Bonchev–Trinajstić information content (AvgIpc) is 2.75. The summed E-state index contributed by atoms with van der Waals surface area (Å²) >= 11 is 0. The number of fused-ring (bicyclic) bond motifs is 1. The minimum absolute atomic E-state index is 0.145. The van der Waals surface area contributed by atoms with Gasteiger partial charge in [0, 0.05) is 6.20 Å². The van der Waals surface area contributed by atoms with Gasteiger partial charge < -0.3 is 10.1 Å². The second kappa shape index (κ2) is 4.65. The molecule has 0 atom stereocenters. The van der Waals surface area contributed by atoms with Crippen LogP contribution in [0, 0.1) is 0 Å². The van der Waals surface area contributed by atoms with E-state index in [1.54, 1.807) is 18.3 Å². The Hall–Kier alpha value is -2.89. The second-order valence-corrected chi connectivity index (χ2v) is 4.37. The van der Waals surface area contributed by atoms with Gasteiger partial charge in [0.25, 0.3) is 0 Å². The first-order valence-corrected chi connectivity index (χ1v) is 6.01. The Morgan fingerprint density at radius 1 is 1.30 bits per heavy atom. The lowest BCUT2D eigenvalue weighted by atomic mass is 10.2. The molecule has 2 heterocycles. The number of aromatic nitrogens is 3. The summed E-state index contributed by atoms with van der Waals surface area (Å²) in [5.41, 5.74) is 1.76. The summed E-state index contributed by atoms with van der Waals surface area (Å²) in [7, 11) is 0. The second-order valence-electron chi connectivity index (χ2n) is 4.37. The van der Waals surface area contributed by atoms with Crippen LogP contribution < -0.4 is 5.69 Å². The topological polar surface area (TPSA) is 88.0 Å². The number of imidazole rings is 1. The van der Waals surface area contributed by atoms with Gasteiger partial charge in [0.15, 0.2) is 0 Å². The van der Waals surface area contributed by atoms with Crippen molar-refractivity contribution in [2.75, 3.05) is 0 Å². The number of aromatic amines is 1. The van der Waals surface area contributed by atoms with E-state index in [4.69, 9.17) is 5.11 Å². The van der Waals surface area contributed by atoms with Crippen molar-refractivity contribution in [3.63, 3.8) is 0 Å². The van der Waals surface area contributed by atoms with Gasteiger partial charge >= 0.3 is 11.7 Å². The van der Waals surface area contributed by atoms with Crippen LogP contribution in [0.1, 0.15) is 16.1 Å². The van der Waals surface area contributed by atoms with Gasteiger partial charge in [-0.05, 0) is 30.3 Å². The molecule has 6 nitrogen and oxygen atoms in total. The number of aromatic carboxylic acids is 1. The number of hydrogen-bond donors (Lipinski definition) is 2. The molecule has 0 aliphatic rings. The first kappa shape index (κ1) is 12.2. The van der Waals surface area contributed by atoms with Gasteiger partial charge in [-0.15, -0.1) is 0 Å². The fourth-order valence-corrected chi connectivity index (χ4v) is 2.10. The fraction of sp³-hybridized carbons (Fsp3) is 0.0714. The maximum absolute atomic E-state index is 12.0. The molecule has 100 valence electrons. The van der Waals surface area contributed by atoms with Gasteiger partial charge in [0.1, 0.15) is 0 Å². The van der Waals surface area contributed by atoms with Crippen LogP contribution in [-0.4, -0.2) is 25.6 Å². The zero-order valence-electron chi connectivity index (χ0n) is 10.4. The van der Waals surface area contributed by atoms with Crippen LogP contribution in [0.15, 0.2) is 47.4 Å². The largest absolute Gasteiger partial charge is 0.478 e. The zero-order valence-corrected chi connectivity index (χ0v) is 10.4. The number of carboxylic acids is 1. The van der Waals surface area contributed by atoms with Gasteiger partial charge in [-0.25, -0.2) is 9.59 Å². The van der Waals surface area contributed by atoms with Crippen molar-refractivity contribution in [2.24, 2.45) is 0 Å².